The lowest BCUT2D eigenvalue weighted by molar-refractivity contribution is -0.139. The van der Waals surface area contributed by atoms with Crippen LogP contribution in [0.15, 0.2) is 71.6 Å². The van der Waals surface area contributed by atoms with Crippen LogP contribution >= 0.6 is 11.6 Å². The van der Waals surface area contributed by atoms with Gasteiger partial charge in [0, 0.05) is 13.1 Å². The third kappa shape index (κ3) is 7.30. The van der Waals surface area contributed by atoms with Gasteiger partial charge in [0.2, 0.25) is 11.8 Å². The number of ether oxygens (including phenoxy) is 1. The fourth-order valence-electron chi connectivity index (χ4n) is 4.09. The highest BCUT2D eigenvalue weighted by atomic mass is 35.5. The Morgan fingerprint density at radius 1 is 1.00 bits per heavy atom. The topological polar surface area (TPSA) is 96.0 Å². The van der Waals surface area contributed by atoms with Crippen LogP contribution < -0.4 is 14.4 Å². The minimum atomic E-state index is -4.19. The van der Waals surface area contributed by atoms with Gasteiger partial charge in [0.1, 0.15) is 18.3 Å². The minimum absolute atomic E-state index is 0.0230. The molecule has 0 radical (unpaired) electrons. The standard InChI is InChI=1S/C29H34ClN3O5S/c1-6-31-29(35)22(4)32(18-23-9-7-8-21(3)16-23)28(34)19-33(24-12-15-27(38-5)26(30)17-24)39(36,37)25-13-10-20(2)11-14-25/h7-17,22H,6,18-19H2,1-5H3,(H,31,35). The Balaban J connectivity index is 2.07. The Morgan fingerprint density at radius 3 is 2.28 bits per heavy atom. The van der Waals surface area contributed by atoms with Crippen LogP contribution in [-0.2, 0) is 26.2 Å². The van der Waals surface area contributed by atoms with Crippen molar-refractivity contribution in [3.05, 3.63) is 88.4 Å². The van der Waals surface area contributed by atoms with Gasteiger partial charge in [-0.15, -0.1) is 0 Å². The van der Waals surface area contributed by atoms with Crippen molar-refractivity contribution in [2.24, 2.45) is 0 Å². The number of carbonyl (C=O) groups excluding carboxylic acids is 2. The molecule has 0 aliphatic heterocycles. The maximum absolute atomic E-state index is 13.9. The normalized spacial score (nSPS) is 11.9. The lowest BCUT2D eigenvalue weighted by Crippen LogP contribution is -2.51. The Labute approximate surface area is 235 Å². The molecule has 0 aliphatic carbocycles. The summed E-state index contributed by atoms with van der Waals surface area (Å²) in [6, 6.07) is 17.6. The zero-order valence-electron chi connectivity index (χ0n) is 22.8. The van der Waals surface area contributed by atoms with Crippen molar-refractivity contribution < 1.29 is 22.7 Å². The van der Waals surface area contributed by atoms with Crippen molar-refractivity contribution in [3.63, 3.8) is 0 Å². The lowest BCUT2D eigenvalue weighted by atomic mass is 10.1. The molecule has 0 bridgehead atoms. The molecular formula is C29H34ClN3O5S. The number of anilines is 1. The summed E-state index contributed by atoms with van der Waals surface area (Å²) in [6.45, 7) is 7.18. The van der Waals surface area contributed by atoms with E-state index in [2.05, 4.69) is 5.32 Å². The molecule has 1 unspecified atom stereocenters. The number of aryl methyl sites for hydroxylation is 2. The molecule has 1 N–H and O–H groups in total. The van der Waals surface area contributed by atoms with Crippen molar-refractivity contribution in [2.75, 3.05) is 24.5 Å². The summed E-state index contributed by atoms with van der Waals surface area (Å²) in [4.78, 5) is 28.1. The number of likely N-dealkylation sites (N-methyl/N-ethyl adjacent to an activating group) is 1. The van der Waals surface area contributed by atoms with Crippen molar-refractivity contribution in [2.45, 2.75) is 45.2 Å². The van der Waals surface area contributed by atoms with Crippen LogP contribution in [0.3, 0.4) is 0 Å². The van der Waals surface area contributed by atoms with Gasteiger partial charge in [-0.3, -0.25) is 13.9 Å². The van der Waals surface area contributed by atoms with Crippen LogP contribution in [0.2, 0.25) is 5.02 Å². The molecule has 0 saturated heterocycles. The first-order valence-corrected chi connectivity index (χ1v) is 14.4. The third-order valence-corrected chi connectivity index (χ3v) is 8.35. The first-order chi connectivity index (χ1) is 18.5. The molecular weight excluding hydrogens is 538 g/mol. The molecule has 39 heavy (non-hydrogen) atoms. The number of nitrogens with one attached hydrogen (secondary N) is 1. The van der Waals surface area contributed by atoms with Gasteiger partial charge in [-0.2, -0.15) is 0 Å². The van der Waals surface area contributed by atoms with Gasteiger partial charge in [-0.25, -0.2) is 8.42 Å². The average Bonchev–Trinajstić information content (AvgIpc) is 2.90. The highest BCUT2D eigenvalue weighted by Gasteiger charge is 2.32. The molecule has 0 spiro atoms. The second-order valence-electron chi connectivity index (χ2n) is 9.22. The van der Waals surface area contributed by atoms with E-state index >= 15 is 0 Å². The number of sulfonamides is 1. The number of methoxy groups -OCH3 is 1. The number of hydrogen-bond donors (Lipinski definition) is 1. The van der Waals surface area contributed by atoms with Gasteiger partial charge in [-0.05, 0) is 63.6 Å². The maximum Gasteiger partial charge on any atom is 0.264 e. The van der Waals surface area contributed by atoms with E-state index in [4.69, 9.17) is 16.3 Å². The fraction of sp³-hybridized carbons (Fsp3) is 0.310. The van der Waals surface area contributed by atoms with E-state index in [0.717, 1.165) is 21.0 Å². The summed E-state index contributed by atoms with van der Waals surface area (Å²) in [5.41, 5.74) is 2.90. The van der Waals surface area contributed by atoms with Crippen LogP contribution in [0.25, 0.3) is 0 Å². The largest absolute Gasteiger partial charge is 0.495 e. The summed E-state index contributed by atoms with van der Waals surface area (Å²) in [6.07, 6.45) is 0. The summed E-state index contributed by atoms with van der Waals surface area (Å²) < 4.78 is 34.0. The number of nitrogens with zero attached hydrogens (tertiary/aromatic N) is 2. The summed E-state index contributed by atoms with van der Waals surface area (Å²) in [5.74, 6) is -0.512. The van der Waals surface area contributed by atoms with E-state index in [-0.39, 0.29) is 28.1 Å². The molecule has 2 amide bonds. The van der Waals surface area contributed by atoms with Crippen LogP contribution in [0.4, 0.5) is 5.69 Å². The second kappa shape index (κ2) is 13.0. The van der Waals surface area contributed by atoms with Crippen molar-refractivity contribution in [3.8, 4) is 5.75 Å². The smallest absolute Gasteiger partial charge is 0.264 e. The van der Waals surface area contributed by atoms with Crippen molar-refractivity contribution >= 4 is 39.1 Å². The molecule has 0 saturated carbocycles. The highest BCUT2D eigenvalue weighted by molar-refractivity contribution is 7.92. The number of rotatable bonds is 11. The summed E-state index contributed by atoms with van der Waals surface area (Å²) in [5, 5.41) is 2.94. The van der Waals surface area contributed by atoms with Crippen LogP contribution in [-0.4, -0.2) is 51.4 Å². The maximum atomic E-state index is 13.9. The molecule has 10 heteroatoms. The molecule has 1 atom stereocenters. The van der Waals surface area contributed by atoms with Gasteiger partial charge >= 0.3 is 0 Å². The zero-order chi connectivity index (χ0) is 28.7. The quantitative estimate of drug-likeness (QED) is 0.359. The molecule has 0 aromatic heterocycles. The molecule has 8 nitrogen and oxygen atoms in total. The molecule has 0 fully saturated rings. The molecule has 0 heterocycles. The van der Waals surface area contributed by atoms with Gasteiger partial charge in [-0.1, -0.05) is 59.1 Å². The molecule has 3 aromatic rings. The summed E-state index contributed by atoms with van der Waals surface area (Å²) in [7, 11) is -2.73. The Morgan fingerprint density at radius 2 is 1.69 bits per heavy atom. The Hall–Kier alpha value is -3.56. The summed E-state index contributed by atoms with van der Waals surface area (Å²) >= 11 is 6.34. The first kappa shape index (κ1) is 30.0. The van der Waals surface area contributed by atoms with Gasteiger partial charge in [0.05, 0.1) is 22.7 Å². The predicted molar refractivity (Wildman–Crippen MR) is 154 cm³/mol. The van der Waals surface area contributed by atoms with E-state index in [1.807, 2.05) is 38.1 Å². The lowest BCUT2D eigenvalue weighted by Gasteiger charge is -2.32. The van der Waals surface area contributed by atoms with E-state index in [0.29, 0.717) is 12.3 Å². The predicted octanol–water partition coefficient (Wildman–Crippen LogP) is 4.71. The number of benzene rings is 3. The highest BCUT2D eigenvalue weighted by Crippen LogP contribution is 2.32. The minimum Gasteiger partial charge on any atom is -0.495 e. The number of halogens is 1. The van der Waals surface area contributed by atoms with Crippen LogP contribution in [0.1, 0.15) is 30.5 Å². The van der Waals surface area contributed by atoms with Crippen molar-refractivity contribution in [1.29, 1.82) is 0 Å². The number of carbonyl (C=O) groups is 2. The van der Waals surface area contributed by atoms with E-state index in [1.165, 1.54) is 36.3 Å². The average molecular weight is 572 g/mol. The van der Waals surface area contributed by atoms with Crippen LogP contribution in [0.5, 0.6) is 5.75 Å². The van der Waals surface area contributed by atoms with E-state index in [9.17, 15) is 18.0 Å². The van der Waals surface area contributed by atoms with Gasteiger partial charge in [0.15, 0.2) is 0 Å². The number of hydrogen-bond acceptors (Lipinski definition) is 5. The fourth-order valence-corrected chi connectivity index (χ4v) is 5.75. The zero-order valence-corrected chi connectivity index (χ0v) is 24.3. The third-order valence-electron chi connectivity index (χ3n) is 6.26. The first-order valence-electron chi connectivity index (χ1n) is 12.5. The molecule has 3 aromatic carbocycles. The van der Waals surface area contributed by atoms with E-state index < -0.39 is 28.5 Å². The monoisotopic (exact) mass is 571 g/mol. The Kier molecular flexibility index (Phi) is 9.99. The Bertz CT molecular complexity index is 1430. The molecule has 0 aliphatic rings. The number of amides is 2. The SMILES string of the molecule is CCNC(=O)C(C)N(Cc1cccc(C)c1)C(=O)CN(c1ccc(OC)c(Cl)c1)S(=O)(=O)c1ccc(C)cc1. The molecule has 208 valence electrons. The van der Waals surface area contributed by atoms with E-state index in [1.54, 1.807) is 32.0 Å². The molecule has 3 rings (SSSR count). The second-order valence-corrected chi connectivity index (χ2v) is 11.5. The van der Waals surface area contributed by atoms with Crippen molar-refractivity contribution in [1.82, 2.24) is 10.2 Å². The van der Waals surface area contributed by atoms with Crippen LogP contribution in [0, 0.1) is 13.8 Å². The van der Waals surface area contributed by atoms with Gasteiger partial charge in [0.25, 0.3) is 10.0 Å². The van der Waals surface area contributed by atoms with Gasteiger partial charge < -0.3 is 15.0 Å².